The summed E-state index contributed by atoms with van der Waals surface area (Å²) in [6, 6.07) is 14.1. The second-order valence-corrected chi connectivity index (χ2v) is 8.62. The first-order valence-corrected chi connectivity index (χ1v) is 9.99. The van der Waals surface area contributed by atoms with E-state index in [9.17, 15) is 4.79 Å². The molecule has 1 aliphatic carbocycles. The molecule has 0 fully saturated rings. The highest BCUT2D eigenvalue weighted by Crippen LogP contribution is 2.29. The Balaban J connectivity index is 1.47. The van der Waals surface area contributed by atoms with Gasteiger partial charge in [0.1, 0.15) is 0 Å². The summed E-state index contributed by atoms with van der Waals surface area (Å²) < 4.78 is 0. The number of fused-ring (bicyclic) bond motifs is 3. The van der Waals surface area contributed by atoms with Crippen LogP contribution in [-0.2, 0) is 18.3 Å². The van der Waals surface area contributed by atoms with Gasteiger partial charge in [-0.2, -0.15) is 5.10 Å². The van der Waals surface area contributed by atoms with Gasteiger partial charge in [-0.25, -0.2) is 5.43 Å². The van der Waals surface area contributed by atoms with Crippen LogP contribution in [0.5, 0.6) is 0 Å². The van der Waals surface area contributed by atoms with E-state index < -0.39 is 0 Å². The van der Waals surface area contributed by atoms with Gasteiger partial charge in [0.05, 0.1) is 6.21 Å². The van der Waals surface area contributed by atoms with Crippen LogP contribution in [0.25, 0.3) is 10.9 Å². The van der Waals surface area contributed by atoms with Crippen molar-refractivity contribution in [3.8, 4) is 0 Å². The number of hydrazone groups is 1. The molecule has 28 heavy (non-hydrogen) atoms. The minimum absolute atomic E-state index is 0.125. The van der Waals surface area contributed by atoms with Crippen molar-refractivity contribution >= 4 is 23.0 Å². The molecule has 2 aromatic carbocycles. The molecule has 0 atom stereocenters. The molecule has 0 radical (unpaired) electrons. The first kappa shape index (κ1) is 18.5. The van der Waals surface area contributed by atoms with Crippen molar-refractivity contribution in [2.75, 3.05) is 0 Å². The number of carbonyl (C=O) groups is 1. The Morgan fingerprint density at radius 3 is 2.57 bits per heavy atom. The molecule has 1 heterocycles. The fraction of sp³-hybridized carbons (Fsp3) is 0.333. The summed E-state index contributed by atoms with van der Waals surface area (Å²) >= 11 is 0. The lowest BCUT2D eigenvalue weighted by Crippen LogP contribution is -2.17. The first-order valence-electron chi connectivity index (χ1n) is 9.99. The molecule has 0 spiro atoms. The lowest BCUT2D eigenvalue weighted by Gasteiger charge is -2.18. The molecule has 3 aromatic rings. The zero-order valence-corrected chi connectivity index (χ0v) is 16.8. The summed E-state index contributed by atoms with van der Waals surface area (Å²) in [5.41, 5.74) is 9.47. The molecule has 0 saturated carbocycles. The van der Waals surface area contributed by atoms with E-state index in [1.165, 1.54) is 35.0 Å². The molecule has 0 aliphatic heterocycles. The van der Waals surface area contributed by atoms with E-state index in [0.717, 1.165) is 23.9 Å². The van der Waals surface area contributed by atoms with E-state index in [2.05, 4.69) is 48.4 Å². The van der Waals surface area contributed by atoms with Gasteiger partial charge in [0.25, 0.3) is 5.91 Å². The summed E-state index contributed by atoms with van der Waals surface area (Å²) in [5, 5.41) is 5.30. The molecule has 0 bridgehead atoms. The minimum atomic E-state index is -0.185. The molecule has 4 rings (SSSR count). The second kappa shape index (κ2) is 7.27. The Morgan fingerprint density at radius 1 is 1.07 bits per heavy atom. The first-order chi connectivity index (χ1) is 13.4. The lowest BCUT2D eigenvalue weighted by atomic mass is 9.87. The van der Waals surface area contributed by atoms with Gasteiger partial charge in [-0.05, 0) is 66.0 Å². The summed E-state index contributed by atoms with van der Waals surface area (Å²) in [6.45, 7) is 6.57. The van der Waals surface area contributed by atoms with E-state index in [0.29, 0.717) is 5.56 Å². The van der Waals surface area contributed by atoms with Crippen molar-refractivity contribution in [3.05, 3.63) is 70.4 Å². The van der Waals surface area contributed by atoms with Crippen molar-refractivity contribution < 1.29 is 4.79 Å². The summed E-state index contributed by atoms with van der Waals surface area (Å²) in [6.07, 6.45) is 6.32. The molecule has 0 unspecified atom stereocenters. The fourth-order valence-corrected chi connectivity index (χ4v) is 3.85. The fourth-order valence-electron chi connectivity index (χ4n) is 3.85. The topological polar surface area (TPSA) is 57.2 Å². The number of aromatic amines is 1. The molecule has 2 N–H and O–H groups in total. The number of rotatable bonds is 3. The summed E-state index contributed by atoms with van der Waals surface area (Å²) in [7, 11) is 0. The average Bonchev–Trinajstić information content (AvgIpc) is 3.05. The van der Waals surface area contributed by atoms with Gasteiger partial charge >= 0.3 is 0 Å². The number of benzene rings is 2. The SMILES string of the molecule is CC(C)(C)c1ccc(/C=N/NC(=O)c2ccc3[nH]c4c(c3c2)CCCC4)cc1. The third-order valence-electron chi connectivity index (χ3n) is 5.52. The molecular formula is C24H27N3O. The highest BCUT2D eigenvalue weighted by atomic mass is 16.2. The number of nitrogens with one attached hydrogen (secondary N) is 2. The van der Waals surface area contributed by atoms with Crippen LogP contribution in [-0.4, -0.2) is 17.1 Å². The number of aromatic nitrogens is 1. The van der Waals surface area contributed by atoms with Crippen molar-refractivity contribution in [2.24, 2.45) is 5.10 Å². The second-order valence-electron chi connectivity index (χ2n) is 8.62. The largest absolute Gasteiger partial charge is 0.358 e. The third-order valence-corrected chi connectivity index (χ3v) is 5.52. The van der Waals surface area contributed by atoms with Gasteiger partial charge in [0.2, 0.25) is 0 Å². The number of hydrogen-bond donors (Lipinski definition) is 2. The Kier molecular flexibility index (Phi) is 4.80. The van der Waals surface area contributed by atoms with Crippen LogP contribution in [0.15, 0.2) is 47.6 Å². The van der Waals surface area contributed by atoms with E-state index >= 15 is 0 Å². The standard InChI is InChI=1S/C24H27N3O/c1-24(2,3)18-11-8-16(9-12-18)15-25-27-23(28)17-10-13-22-20(14-17)19-6-4-5-7-21(19)26-22/h8-15,26H,4-7H2,1-3H3,(H,27,28)/b25-15+. The average molecular weight is 374 g/mol. The number of aryl methyl sites for hydroxylation is 2. The number of nitrogens with zero attached hydrogens (tertiary/aromatic N) is 1. The molecule has 1 amide bonds. The highest BCUT2D eigenvalue weighted by molar-refractivity contribution is 5.99. The van der Waals surface area contributed by atoms with Crippen LogP contribution in [0, 0.1) is 0 Å². The maximum Gasteiger partial charge on any atom is 0.271 e. The lowest BCUT2D eigenvalue weighted by molar-refractivity contribution is 0.0955. The van der Waals surface area contributed by atoms with E-state index in [-0.39, 0.29) is 11.3 Å². The number of carbonyl (C=O) groups excluding carboxylic acids is 1. The van der Waals surface area contributed by atoms with Gasteiger partial charge < -0.3 is 4.98 Å². The van der Waals surface area contributed by atoms with Crippen molar-refractivity contribution in [3.63, 3.8) is 0 Å². The molecular weight excluding hydrogens is 346 g/mol. The van der Waals surface area contributed by atoms with Gasteiger partial charge in [0.15, 0.2) is 0 Å². The predicted molar refractivity (Wildman–Crippen MR) is 115 cm³/mol. The normalized spacial score (nSPS) is 14.4. The van der Waals surface area contributed by atoms with Crippen LogP contribution in [0.2, 0.25) is 0 Å². The van der Waals surface area contributed by atoms with Crippen molar-refractivity contribution in [2.45, 2.75) is 51.9 Å². The van der Waals surface area contributed by atoms with Gasteiger partial charge in [0, 0.05) is 22.2 Å². The molecule has 1 aliphatic rings. The highest BCUT2D eigenvalue weighted by Gasteiger charge is 2.16. The summed E-state index contributed by atoms with van der Waals surface area (Å²) in [5.74, 6) is -0.185. The van der Waals surface area contributed by atoms with Gasteiger partial charge in [-0.15, -0.1) is 0 Å². The number of amides is 1. The third kappa shape index (κ3) is 3.72. The van der Waals surface area contributed by atoms with Crippen LogP contribution in [0.4, 0.5) is 0 Å². The Labute approximate surface area is 166 Å². The van der Waals surface area contributed by atoms with Gasteiger partial charge in [-0.3, -0.25) is 4.79 Å². The van der Waals surface area contributed by atoms with Crippen molar-refractivity contribution in [1.82, 2.24) is 10.4 Å². The van der Waals surface area contributed by atoms with Crippen LogP contribution in [0.3, 0.4) is 0 Å². The zero-order chi connectivity index (χ0) is 19.7. The number of H-pyrrole nitrogens is 1. The Morgan fingerprint density at radius 2 is 1.82 bits per heavy atom. The zero-order valence-electron chi connectivity index (χ0n) is 16.8. The predicted octanol–water partition coefficient (Wildman–Crippen LogP) is 5.11. The van der Waals surface area contributed by atoms with Crippen LogP contribution < -0.4 is 5.43 Å². The minimum Gasteiger partial charge on any atom is -0.358 e. The van der Waals surface area contributed by atoms with Crippen LogP contribution in [0.1, 0.15) is 66.4 Å². The molecule has 4 nitrogen and oxygen atoms in total. The molecule has 0 saturated heterocycles. The Bertz CT molecular complexity index is 1040. The molecule has 4 heteroatoms. The van der Waals surface area contributed by atoms with E-state index in [1.54, 1.807) is 6.21 Å². The van der Waals surface area contributed by atoms with Crippen LogP contribution >= 0.6 is 0 Å². The molecule has 1 aromatic heterocycles. The monoisotopic (exact) mass is 373 g/mol. The maximum absolute atomic E-state index is 12.5. The van der Waals surface area contributed by atoms with Gasteiger partial charge in [-0.1, -0.05) is 45.0 Å². The smallest absolute Gasteiger partial charge is 0.271 e. The van der Waals surface area contributed by atoms with E-state index in [4.69, 9.17) is 0 Å². The van der Waals surface area contributed by atoms with E-state index in [1.807, 2.05) is 30.3 Å². The number of hydrogen-bond acceptors (Lipinski definition) is 2. The maximum atomic E-state index is 12.5. The quantitative estimate of drug-likeness (QED) is 0.486. The van der Waals surface area contributed by atoms with Crippen molar-refractivity contribution in [1.29, 1.82) is 0 Å². The molecule has 144 valence electrons. The summed E-state index contributed by atoms with van der Waals surface area (Å²) in [4.78, 5) is 16.0. The Hall–Kier alpha value is -2.88.